The summed E-state index contributed by atoms with van der Waals surface area (Å²) >= 11 is 0. The molecule has 2 N–H and O–H groups in total. The normalized spacial score (nSPS) is 22.5. The van der Waals surface area contributed by atoms with Crippen molar-refractivity contribution in [3.05, 3.63) is 24.2 Å². The van der Waals surface area contributed by atoms with Crippen LogP contribution in [-0.4, -0.2) is 51.1 Å². The topological polar surface area (TPSA) is 95.5 Å². The molecule has 0 spiro atoms. The average molecular weight is 290 g/mol. The third-order valence-corrected chi connectivity index (χ3v) is 3.77. The lowest BCUT2D eigenvalue weighted by molar-refractivity contribution is 0.0524. The second-order valence-electron chi connectivity index (χ2n) is 5.29. The molecule has 0 radical (unpaired) electrons. The van der Waals surface area contributed by atoms with Gasteiger partial charge in [0.25, 0.3) is 5.89 Å². The number of aromatic nitrogens is 3. The number of aliphatic hydroxyl groups is 2. The van der Waals surface area contributed by atoms with E-state index in [4.69, 9.17) is 4.52 Å². The molecule has 21 heavy (non-hydrogen) atoms. The highest BCUT2D eigenvalue weighted by Crippen LogP contribution is 2.25. The van der Waals surface area contributed by atoms with Crippen LogP contribution in [0.2, 0.25) is 0 Å². The van der Waals surface area contributed by atoms with Crippen LogP contribution in [0, 0.1) is 12.8 Å². The molecule has 3 heterocycles. The number of rotatable bonds is 3. The van der Waals surface area contributed by atoms with Crippen molar-refractivity contribution in [1.29, 1.82) is 0 Å². The number of pyridine rings is 1. The van der Waals surface area contributed by atoms with Crippen LogP contribution in [0.15, 0.2) is 22.9 Å². The van der Waals surface area contributed by atoms with Gasteiger partial charge in [0.05, 0.1) is 12.7 Å². The molecule has 1 aliphatic heterocycles. The Hall–Kier alpha value is -1.99. The fourth-order valence-corrected chi connectivity index (χ4v) is 2.55. The first-order valence-corrected chi connectivity index (χ1v) is 6.98. The van der Waals surface area contributed by atoms with E-state index in [-0.39, 0.29) is 12.5 Å². The first kappa shape index (κ1) is 14.0. The van der Waals surface area contributed by atoms with Crippen LogP contribution in [0.5, 0.6) is 0 Å². The maximum Gasteiger partial charge on any atom is 0.258 e. The molecule has 0 bridgehead atoms. The van der Waals surface area contributed by atoms with Gasteiger partial charge in [0.15, 0.2) is 5.82 Å². The van der Waals surface area contributed by atoms with E-state index in [0.29, 0.717) is 31.2 Å². The summed E-state index contributed by atoms with van der Waals surface area (Å²) in [6.45, 7) is 3.03. The quantitative estimate of drug-likeness (QED) is 0.855. The molecule has 2 aromatic rings. The van der Waals surface area contributed by atoms with Crippen LogP contribution in [-0.2, 0) is 0 Å². The summed E-state index contributed by atoms with van der Waals surface area (Å²) in [4.78, 5) is 10.6. The van der Waals surface area contributed by atoms with Gasteiger partial charge < -0.3 is 19.6 Å². The number of nitrogens with zero attached hydrogens (tertiary/aromatic N) is 4. The minimum atomic E-state index is -0.451. The summed E-state index contributed by atoms with van der Waals surface area (Å²) in [6, 6.07) is 3.71. The van der Waals surface area contributed by atoms with Crippen molar-refractivity contribution in [2.75, 3.05) is 24.6 Å². The maximum atomic E-state index is 9.83. The molecular formula is C14H18N4O3. The van der Waals surface area contributed by atoms with Gasteiger partial charge in [-0.2, -0.15) is 4.98 Å². The minimum absolute atomic E-state index is 0.0276. The lowest BCUT2D eigenvalue weighted by atomic mass is 9.95. The van der Waals surface area contributed by atoms with Crippen molar-refractivity contribution in [1.82, 2.24) is 15.1 Å². The highest BCUT2D eigenvalue weighted by Gasteiger charge is 2.28. The number of aryl methyl sites for hydroxylation is 1. The van der Waals surface area contributed by atoms with E-state index < -0.39 is 6.10 Å². The summed E-state index contributed by atoms with van der Waals surface area (Å²) in [7, 11) is 0. The molecule has 0 unspecified atom stereocenters. The minimum Gasteiger partial charge on any atom is -0.396 e. The van der Waals surface area contributed by atoms with Gasteiger partial charge in [-0.3, -0.25) is 0 Å². The van der Waals surface area contributed by atoms with Crippen molar-refractivity contribution >= 4 is 5.82 Å². The standard InChI is InChI=1S/C14H18N4O3/c1-9-16-14(21-17-9)10-2-4-15-13(6-10)18-5-3-12(20)11(7-18)8-19/h2,4,6,11-12,19-20H,3,5,7-8H2,1H3/t11-,12-/m0/s1. The van der Waals surface area contributed by atoms with E-state index >= 15 is 0 Å². The van der Waals surface area contributed by atoms with Gasteiger partial charge in [-0.25, -0.2) is 4.98 Å². The van der Waals surface area contributed by atoms with Gasteiger partial charge in [-0.1, -0.05) is 5.16 Å². The van der Waals surface area contributed by atoms with Crippen LogP contribution in [0.25, 0.3) is 11.5 Å². The number of aliphatic hydroxyl groups excluding tert-OH is 2. The van der Waals surface area contributed by atoms with E-state index in [9.17, 15) is 10.2 Å². The smallest absolute Gasteiger partial charge is 0.258 e. The Bertz CT molecular complexity index is 616. The molecule has 112 valence electrons. The molecular weight excluding hydrogens is 272 g/mol. The Labute approximate surface area is 122 Å². The fraction of sp³-hybridized carbons (Fsp3) is 0.500. The van der Waals surface area contributed by atoms with Gasteiger partial charge in [-0.05, 0) is 25.5 Å². The largest absolute Gasteiger partial charge is 0.396 e. The second-order valence-corrected chi connectivity index (χ2v) is 5.29. The number of anilines is 1. The molecule has 2 atom stereocenters. The molecule has 7 heteroatoms. The zero-order valence-corrected chi connectivity index (χ0v) is 11.8. The highest BCUT2D eigenvalue weighted by molar-refractivity contribution is 5.58. The molecule has 3 rings (SSSR count). The zero-order chi connectivity index (χ0) is 14.8. The first-order valence-electron chi connectivity index (χ1n) is 6.98. The lowest BCUT2D eigenvalue weighted by Crippen LogP contribution is -2.45. The van der Waals surface area contributed by atoms with Gasteiger partial charge in [0, 0.05) is 30.8 Å². The second kappa shape index (κ2) is 5.79. The number of piperidine rings is 1. The van der Waals surface area contributed by atoms with Crippen molar-refractivity contribution in [2.45, 2.75) is 19.4 Å². The molecule has 1 saturated heterocycles. The fourth-order valence-electron chi connectivity index (χ4n) is 2.55. The monoisotopic (exact) mass is 290 g/mol. The van der Waals surface area contributed by atoms with E-state index in [0.717, 1.165) is 11.4 Å². The van der Waals surface area contributed by atoms with Gasteiger partial charge >= 0.3 is 0 Å². The maximum absolute atomic E-state index is 9.83. The summed E-state index contributed by atoms with van der Waals surface area (Å²) in [5.41, 5.74) is 0.812. The van der Waals surface area contributed by atoms with E-state index in [2.05, 4.69) is 20.0 Å². The molecule has 7 nitrogen and oxygen atoms in total. The van der Waals surface area contributed by atoms with Crippen LogP contribution >= 0.6 is 0 Å². The third-order valence-electron chi connectivity index (χ3n) is 3.77. The average Bonchev–Trinajstić information content (AvgIpc) is 2.94. The Morgan fingerprint density at radius 2 is 2.33 bits per heavy atom. The summed E-state index contributed by atoms with van der Waals surface area (Å²) in [5, 5.41) is 22.9. The number of hydrogen-bond acceptors (Lipinski definition) is 7. The van der Waals surface area contributed by atoms with Crippen LogP contribution in [0.3, 0.4) is 0 Å². The van der Waals surface area contributed by atoms with Crippen molar-refractivity contribution in [2.24, 2.45) is 5.92 Å². The SMILES string of the molecule is Cc1noc(-c2ccnc(N3CC[C@H](O)[C@H](CO)C3)c2)n1. The van der Waals surface area contributed by atoms with Crippen molar-refractivity contribution < 1.29 is 14.7 Å². The van der Waals surface area contributed by atoms with E-state index in [1.54, 1.807) is 13.1 Å². The highest BCUT2D eigenvalue weighted by atomic mass is 16.5. The summed E-state index contributed by atoms with van der Waals surface area (Å²) < 4.78 is 5.16. The van der Waals surface area contributed by atoms with Crippen molar-refractivity contribution in [3.63, 3.8) is 0 Å². The molecule has 1 aliphatic rings. The predicted octanol–water partition coefficient (Wildman–Crippen LogP) is 0.620. The van der Waals surface area contributed by atoms with Crippen LogP contribution < -0.4 is 4.90 Å². The Morgan fingerprint density at radius 3 is 3.05 bits per heavy atom. The van der Waals surface area contributed by atoms with Gasteiger partial charge in [0.2, 0.25) is 0 Å². The van der Waals surface area contributed by atoms with Crippen LogP contribution in [0.4, 0.5) is 5.82 Å². The van der Waals surface area contributed by atoms with Crippen LogP contribution in [0.1, 0.15) is 12.2 Å². The first-order chi connectivity index (χ1) is 10.2. The zero-order valence-electron chi connectivity index (χ0n) is 11.8. The summed E-state index contributed by atoms with van der Waals surface area (Å²) in [6.07, 6.45) is 1.87. The van der Waals surface area contributed by atoms with Crippen molar-refractivity contribution in [3.8, 4) is 11.5 Å². The lowest BCUT2D eigenvalue weighted by Gasteiger charge is -2.36. The Morgan fingerprint density at radius 1 is 1.48 bits per heavy atom. The Kier molecular flexibility index (Phi) is 3.85. The summed E-state index contributed by atoms with van der Waals surface area (Å²) in [5.74, 6) is 1.69. The molecule has 0 amide bonds. The molecule has 0 aliphatic carbocycles. The van der Waals surface area contributed by atoms with Gasteiger partial charge in [-0.15, -0.1) is 0 Å². The van der Waals surface area contributed by atoms with E-state index in [1.165, 1.54) is 0 Å². The molecule has 0 aromatic carbocycles. The number of hydrogen-bond donors (Lipinski definition) is 2. The van der Waals surface area contributed by atoms with E-state index in [1.807, 2.05) is 12.1 Å². The molecule has 2 aromatic heterocycles. The molecule has 1 fully saturated rings. The van der Waals surface area contributed by atoms with Gasteiger partial charge in [0.1, 0.15) is 5.82 Å². The third kappa shape index (κ3) is 2.88. The Balaban J connectivity index is 1.83. The predicted molar refractivity (Wildman–Crippen MR) is 75.7 cm³/mol. The molecule has 0 saturated carbocycles.